The molecule has 8 heteroatoms. The quantitative estimate of drug-likeness (QED) is 0.394. The molecule has 4 rings (SSSR count). The molecule has 0 spiro atoms. The highest BCUT2D eigenvalue weighted by Gasteiger charge is 2.64. The highest BCUT2D eigenvalue weighted by atomic mass is 16.6. The van der Waals surface area contributed by atoms with Gasteiger partial charge in [-0.25, -0.2) is 4.79 Å². The van der Waals surface area contributed by atoms with Crippen LogP contribution >= 0.6 is 0 Å². The van der Waals surface area contributed by atoms with E-state index in [-0.39, 0.29) is 23.9 Å². The first-order valence-electron chi connectivity index (χ1n) is 10.4. The molecule has 3 fully saturated rings. The zero-order chi connectivity index (χ0) is 21.3. The van der Waals surface area contributed by atoms with E-state index in [9.17, 15) is 19.2 Å². The SMILES string of the molecule is CCCCOC(=O)c1ccc(NC(=O)COC(=O)[C@@H]2[C@@H]3C[C@H]4[C@@H]2C(=O)O[C@@H]4C3)cc1. The van der Waals surface area contributed by atoms with E-state index >= 15 is 0 Å². The van der Waals surface area contributed by atoms with E-state index < -0.39 is 36.3 Å². The van der Waals surface area contributed by atoms with Gasteiger partial charge in [0.25, 0.3) is 5.91 Å². The number of hydrogen-bond acceptors (Lipinski definition) is 7. The van der Waals surface area contributed by atoms with Crippen molar-refractivity contribution in [2.75, 3.05) is 18.5 Å². The lowest BCUT2D eigenvalue weighted by Gasteiger charge is -2.22. The highest BCUT2D eigenvalue weighted by Crippen LogP contribution is 2.57. The Labute approximate surface area is 174 Å². The molecule has 8 nitrogen and oxygen atoms in total. The molecule has 0 radical (unpaired) electrons. The molecule has 1 saturated heterocycles. The average Bonchev–Trinajstić information content (AvgIpc) is 3.35. The van der Waals surface area contributed by atoms with Crippen molar-refractivity contribution >= 4 is 29.5 Å². The molecule has 5 atom stereocenters. The number of nitrogens with one attached hydrogen (secondary N) is 1. The number of unbranched alkanes of at least 4 members (excludes halogenated alkanes) is 1. The van der Waals surface area contributed by atoms with E-state index in [2.05, 4.69) is 5.32 Å². The largest absolute Gasteiger partial charge is 0.462 e. The minimum absolute atomic E-state index is 0.0493. The van der Waals surface area contributed by atoms with Crippen LogP contribution in [-0.4, -0.2) is 43.1 Å². The van der Waals surface area contributed by atoms with Crippen LogP contribution in [0, 0.1) is 23.7 Å². The number of anilines is 1. The number of carbonyl (C=O) groups excluding carboxylic acids is 4. The van der Waals surface area contributed by atoms with Gasteiger partial charge in [-0.3, -0.25) is 14.4 Å². The summed E-state index contributed by atoms with van der Waals surface area (Å²) in [5.74, 6) is -2.45. The van der Waals surface area contributed by atoms with E-state index in [1.807, 2.05) is 6.92 Å². The van der Waals surface area contributed by atoms with Gasteiger partial charge < -0.3 is 19.5 Å². The van der Waals surface area contributed by atoms with Gasteiger partial charge in [0, 0.05) is 11.6 Å². The summed E-state index contributed by atoms with van der Waals surface area (Å²) >= 11 is 0. The smallest absolute Gasteiger partial charge is 0.338 e. The Morgan fingerprint density at radius 1 is 1.13 bits per heavy atom. The van der Waals surface area contributed by atoms with Crippen LogP contribution in [0.4, 0.5) is 5.69 Å². The van der Waals surface area contributed by atoms with E-state index in [1.54, 1.807) is 24.3 Å². The third kappa shape index (κ3) is 3.91. The summed E-state index contributed by atoms with van der Waals surface area (Å²) in [7, 11) is 0. The van der Waals surface area contributed by atoms with Crippen molar-refractivity contribution < 1.29 is 33.4 Å². The monoisotopic (exact) mass is 415 g/mol. The van der Waals surface area contributed by atoms with Gasteiger partial charge in [-0.1, -0.05) is 13.3 Å². The number of ether oxygens (including phenoxy) is 3. The second-order valence-electron chi connectivity index (χ2n) is 8.14. The Morgan fingerprint density at radius 3 is 2.63 bits per heavy atom. The van der Waals surface area contributed by atoms with E-state index in [4.69, 9.17) is 14.2 Å². The summed E-state index contributed by atoms with van der Waals surface area (Å²) in [5, 5.41) is 2.62. The standard InChI is InChI=1S/C22H25NO7/c1-2-3-8-28-20(25)12-4-6-14(7-5-12)23-17(24)11-29-21(26)18-13-9-15-16(10-13)30-22(27)19(15)18/h4-7,13,15-16,18-19H,2-3,8-11H2,1H3,(H,23,24)/t13-,15-,16-,18-,19+/m1/s1. The van der Waals surface area contributed by atoms with Gasteiger partial charge in [0.05, 0.1) is 24.0 Å². The Morgan fingerprint density at radius 2 is 1.90 bits per heavy atom. The first-order valence-corrected chi connectivity index (χ1v) is 10.4. The fourth-order valence-electron chi connectivity index (χ4n) is 4.84. The molecule has 1 N–H and O–H groups in total. The van der Waals surface area contributed by atoms with Crippen LogP contribution in [0.3, 0.4) is 0 Å². The molecule has 1 aliphatic heterocycles. The number of rotatable bonds is 8. The summed E-state index contributed by atoms with van der Waals surface area (Å²) < 4.78 is 15.7. The molecule has 3 aliphatic rings. The lowest BCUT2D eigenvalue weighted by atomic mass is 9.80. The number of fused-ring (bicyclic) bond motifs is 1. The predicted octanol–water partition coefficient (Wildman–Crippen LogP) is 2.32. The molecule has 2 saturated carbocycles. The second kappa shape index (κ2) is 8.45. The van der Waals surface area contributed by atoms with Crippen molar-refractivity contribution in [2.24, 2.45) is 23.7 Å². The van der Waals surface area contributed by atoms with Crippen LogP contribution in [0.25, 0.3) is 0 Å². The van der Waals surface area contributed by atoms with Gasteiger partial charge in [0.15, 0.2) is 6.61 Å². The molecule has 1 amide bonds. The molecular weight excluding hydrogens is 390 g/mol. The summed E-state index contributed by atoms with van der Waals surface area (Å²) in [5.41, 5.74) is 0.872. The number of esters is 3. The highest BCUT2D eigenvalue weighted by molar-refractivity contribution is 5.95. The molecule has 0 unspecified atom stereocenters. The number of carbonyl (C=O) groups is 4. The van der Waals surface area contributed by atoms with E-state index in [0.717, 1.165) is 19.3 Å². The molecule has 1 aromatic carbocycles. The zero-order valence-corrected chi connectivity index (χ0v) is 16.8. The second-order valence-corrected chi connectivity index (χ2v) is 8.14. The zero-order valence-electron chi connectivity index (χ0n) is 16.8. The van der Waals surface area contributed by atoms with E-state index in [0.29, 0.717) is 24.3 Å². The molecule has 30 heavy (non-hydrogen) atoms. The van der Waals surface area contributed by atoms with Gasteiger partial charge in [-0.05, 0) is 49.4 Å². The van der Waals surface area contributed by atoms with E-state index in [1.165, 1.54) is 0 Å². The maximum absolute atomic E-state index is 12.5. The summed E-state index contributed by atoms with van der Waals surface area (Å²) in [6, 6.07) is 6.29. The van der Waals surface area contributed by atoms with Crippen LogP contribution in [0.1, 0.15) is 43.0 Å². The maximum atomic E-state index is 12.5. The third-order valence-electron chi connectivity index (χ3n) is 6.24. The van der Waals surface area contributed by atoms with Crippen LogP contribution in [0.15, 0.2) is 24.3 Å². The normalized spacial score (nSPS) is 28.2. The lowest BCUT2D eigenvalue weighted by Crippen LogP contribution is -2.34. The molecule has 2 aliphatic carbocycles. The average molecular weight is 415 g/mol. The molecule has 160 valence electrons. The van der Waals surface area contributed by atoms with Crippen LogP contribution in [-0.2, 0) is 28.6 Å². The van der Waals surface area contributed by atoms with Crippen LogP contribution in [0.5, 0.6) is 0 Å². The Bertz CT molecular complexity index is 848. The molecular formula is C22H25NO7. The molecule has 0 aromatic heterocycles. The van der Waals surface area contributed by atoms with Gasteiger partial charge in [0.2, 0.25) is 0 Å². The van der Waals surface area contributed by atoms with Crippen molar-refractivity contribution in [3.05, 3.63) is 29.8 Å². The number of amides is 1. The first kappa shape index (κ1) is 20.4. The third-order valence-corrected chi connectivity index (χ3v) is 6.24. The minimum atomic E-state index is -0.509. The van der Waals surface area contributed by atoms with Gasteiger partial charge in [0.1, 0.15) is 6.10 Å². The molecule has 1 aromatic rings. The fourth-order valence-corrected chi connectivity index (χ4v) is 4.84. The molecule has 1 heterocycles. The summed E-state index contributed by atoms with van der Waals surface area (Å²) in [6.45, 7) is 1.96. The first-order chi connectivity index (χ1) is 14.5. The van der Waals surface area contributed by atoms with Crippen molar-refractivity contribution in [3.63, 3.8) is 0 Å². The van der Waals surface area contributed by atoms with Crippen LogP contribution < -0.4 is 5.32 Å². The Balaban J connectivity index is 1.25. The van der Waals surface area contributed by atoms with Crippen molar-refractivity contribution in [3.8, 4) is 0 Å². The fraction of sp³-hybridized carbons (Fsp3) is 0.545. The van der Waals surface area contributed by atoms with Gasteiger partial charge in [-0.2, -0.15) is 0 Å². The van der Waals surface area contributed by atoms with Gasteiger partial charge >= 0.3 is 17.9 Å². The van der Waals surface area contributed by atoms with Crippen molar-refractivity contribution in [1.82, 2.24) is 0 Å². The maximum Gasteiger partial charge on any atom is 0.338 e. The Kier molecular flexibility index (Phi) is 5.74. The van der Waals surface area contributed by atoms with Crippen molar-refractivity contribution in [1.29, 1.82) is 0 Å². The van der Waals surface area contributed by atoms with Gasteiger partial charge in [-0.15, -0.1) is 0 Å². The minimum Gasteiger partial charge on any atom is -0.462 e. The van der Waals surface area contributed by atoms with Crippen LogP contribution in [0.2, 0.25) is 0 Å². The summed E-state index contributed by atoms with van der Waals surface area (Å²) in [6.07, 6.45) is 3.21. The predicted molar refractivity (Wildman–Crippen MR) is 104 cm³/mol. The van der Waals surface area contributed by atoms with Crippen molar-refractivity contribution in [2.45, 2.75) is 38.7 Å². The summed E-state index contributed by atoms with van der Waals surface area (Å²) in [4.78, 5) is 48.5. The molecule has 2 bridgehead atoms. The lowest BCUT2D eigenvalue weighted by molar-refractivity contribution is -0.157. The number of benzene rings is 1. The Hall–Kier alpha value is -2.90. The topological polar surface area (TPSA) is 108 Å². The number of hydrogen-bond donors (Lipinski definition) is 1.